The molecule has 0 aliphatic carbocycles. The Hall–Kier alpha value is -2.96. The second-order valence-corrected chi connectivity index (χ2v) is 9.95. The van der Waals surface area contributed by atoms with E-state index in [1.807, 2.05) is 13.8 Å². The molecular weight excluding hydrogens is 507 g/mol. The van der Waals surface area contributed by atoms with Crippen LogP contribution >= 0.6 is 7.75 Å². The summed E-state index contributed by atoms with van der Waals surface area (Å²) in [5, 5.41) is 2.48. The quantitative estimate of drug-likeness (QED) is 0.281. The summed E-state index contributed by atoms with van der Waals surface area (Å²) in [6, 6.07) is 5.88. The largest absolute Gasteiger partial charge is 0.459 e. The van der Waals surface area contributed by atoms with Crippen molar-refractivity contribution in [2.75, 3.05) is 39.9 Å². The number of aromatic nitrogens is 2. The number of hydrogen-bond acceptors (Lipinski definition) is 11. The number of nitrogens with two attached hydrogens (primary N) is 1. The van der Waals surface area contributed by atoms with Gasteiger partial charge in [0, 0.05) is 32.5 Å². The molecule has 3 unspecified atom stereocenters. The van der Waals surface area contributed by atoms with Gasteiger partial charge in [0.05, 0.1) is 25.4 Å². The molecule has 3 N–H and O–H groups in total. The predicted molar refractivity (Wildman–Crippen MR) is 136 cm³/mol. The van der Waals surface area contributed by atoms with Gasteiger partial charge in [0.2, 0.25) is 6.79 Å². The summed E-state index contributed by atoms with van der Waals surface area (Å²) in [6.07, 6.45) is 2.27. The highest BCUT2D eigenvalue weighted by Crippen LogP contribution is 2.46. The Bertz CT molecular complexity index is 1110. The lowest BCUT2D eigenvalue weighted by Crippen LogP contribution is -2.30. The van der Waals surface area contributed by atoms with Gasteiger partial charge in [0.1, 0.15) is 17.9 Å². The third-order valence-corrected chi connectivity index (χ3v) is 6.61. The van der Waals surface area contributed by atoms with Crippen molar-refractivity contribution >= 4 is 19.9 Å². The molecule has 1 aliphatic rings. The van der Waals surface area contributed by atoms with Gasteiger partial charge in [-0.25, -0.2) is 14.4 Å². The van der Waals surface area contributed by atoms with Gasteiger partial charge in [-0.1, -0.05) is 0 Å². The number of nitrogens with zero attached hydrogens (tertiary/aromatic N) is 2. The Balaban J connectivity index is 0.000000877. The molecule has 0 saturated carbocycles. The highest BCUT2D eigenvalue weighted by atomic mass is 31.2. The van der Waals surface area contributed by atoms with Crippen molar-refractivity contribution < 1.29 is 37.4 Å². The van der Waals surface area contributed by atoms with Gasteiger partial charge in [-0.3, -0.25) is 9.09 Å². The molecule has 1 aromatic heterocycles. The molecule has 14 heteroatoms. The first kappa shape index (κ1) is 30.3. The van der Waals surface area contributed by atoms with E-state index in [4.69, 9.17) is 33.7 Å². The number of ether oxygens (including phenoxy) is 4. The van der Waals surface area contributed by atoms with Crippen LogP contribution in [0.15, 0.2) is 35.3 Å². The molecule has 0 saturated heterocycles. The number of anilines is 1. The zero-order chi connectivity index (χ0) is 27.4. The first-order valence-electron chi connectivity index (χ1n) is 11.5. The number of rotatable bonds is 13. The van der Waals surface area contributed by atoms with Crippen LogP contribution in [0.25, 0.3) is 0 Å². The van der Waals surface area contributed by atoms with Crippen LogP contribution in [0.5, 0.6) is 17.2 Å². The SMILES string of the molecule is COC(C)C.COC(COP(=O)(NCC=O)Oc1ccc2c(c1)OCO2)CC(C)n1ccc(N)nc1=O. The first-order chi connectivity index (χ1) is 17.6. The topological polar surface area (TPSA) is 162 Å². The number of nitrogens with one attached hydrogen (secondary N) is 1. The van der Waals surface area contributed by atoms with E-state index < -0.39 is 19.5 Å². The number of benzene rings is 1. The average Bonchev–Trinajstić information content (AvgIpc) is 3.33. The number of hydrogen-bond donors (Lipinski definition) is 2. The van der Waals surface area contributed by atoms with Gasteiger partial charge in [-0.15, -0.1) is 0 Å². The minimum absolute atomic E-state index is 0.0800. The number of methoxy groups -OCH3 is 2. The molecule has 13 nitrogen and oxygen atoms in total. The van der Waals surface area contributed by atoms with Crippen molar-refractivity contribution in [2.45, 2.75) is 45.4 Å². The Morgan fingerprint density at radius 2 is 1.89 bits per heavy atom. The number of aldehydes is 1. The maximum absolute atomic E-state index is 13.2. The number of carbonyl (C=O) groups excluding carboxylic acids is 1. The smallest absolute Gasteiger partial charge is 0.454 e. The van der Waals surface area contributed by atoms with E-state index in [-0.39, 0.29) is 37.6 Å². The Kier molecular flexibility index (Phi) is 12.0. The Morgan fingerprint density at radius 3 is 2.51 bits per heavy atom. The average molecular weight is 543 g/mol. The minimum Gasteiger partial charge on any atom is -0.454 e. The summed E-state index contributed by atoms with van der Waals surface area (Å²) in [5.74, 6) is 1.32. The summed E-state index contributed by atoms with van der Waals surface area (Å²) in [6.45, 7) is 5.50. The van der Waals surface area contributed by atoms with Crippen molar-refractivity contribution in [1.82, 2.24) is 14.6 Å². The van der Waals surface area contributed by atoms with Gasteiger partial charge < -0.3 is 34.0 Å². The van der Waals surface area contributed by atoms with Gasteiger partial charge in [-0.05, 0) is 45.4 Å². The Morgan fingerprint density at radius 1 is 1.19 bits per heavy atom. The summed E-state index contributed by atoms with van der Waals surface area (Å²) in [4.78, 5) is 26.6. The summed E-state index contributed by atoms with van der Waals surface area (Å²) in [5.41, 5.74) is 5.03. The second kappa shape index (κ2) is 14.7. The van der Waals surface area contributed by atoms with Crippen LogP contribution in [0.4, 0.5) is 5.82 Å². The van der Waals surface area contributed by atoms with E-state index in [1.54, 1.807) is 32.4 Å². The van der Waals surface area contributed by atoms with Crippen molar-refractivity contribution in [2.24, 2.45) is 0 Å². The highest BCUT2D eigenvalue weighted by Gasteiger charge is 2.29. The molecule has 2 heterocycles. The monoisotopic (exact) mass is 542 g/mol. The lowest BCUT2D eigenvalue weighted by Gasteiger charge is -2.24. The molecule has 37 heavy (non-hydrogen) atoms. The fraction of sp³-hybridized carbons (Fsp3) is 0.522. The van der Waals surface area contributed by atoms with E-state index in [2.05, 4.69) is 10.1 Å². The maximum atomic E-state index is 13.2. The predicted octanol–water partition coefficient (Wildman–Crippen LogP) is 2.55. The zero-order valence-corrected chi connectivity index (χ0v) is 22.5. The maximum Gasteiger partial charge on any atom is 0.459 e. The molecule has 3 rings (SSSR count). The molecule has 0 bridgehead atoms. The number of nitrogen functional groups attached to an aromatic ring is 1. The minimum atomic E-state index is -3.94. The zero-order valence-electron chi connectivity index (χ0n) is 21.6. The van der Waals surface area contributed by atoms with Crippen LogP contribution in [-0.4, -0.2) is 62.2 Å². The normalized spacial score (nSPS) is 15.3. The number of fused-ring (bicyclic) bond motifs is 1. The summed E-state index contributed by atoms with van der Waals surface area (Å²) in [7, 11) is -0.772. The van der Waals surface area contributed by atoms with E-state index in [1.165, 1.54) is 23.8 Å². The molecule has 1 aromatic carbocycles. The molecule has 1 aliphatic heterocycles. The molecule has 206 valence electrons. The van der Waals surface area contributed by atoms with Crippen molar-refractivity contribution in [3.63, 3.8) is 0 Å². The van der Waals surface area contributed by atoms with Crippen molar-refractivity contribution in [3.05, 3.63) is 40.9 Å². The van der Waals surface area contributed by atoms with Crippen LogP contribution in [-0.2, 0) is 23.4 Å². The summed E-state index contributed by atoms with van der Waals surface area (Å²) >= 11 is 0. The highest BCUT2D eigenvalue weighted by molar-refractivity contribution is 7.52. The molecule has 0 radical (unpaired) electrons. The molecule has 0 fully saturated rings. The van der Waals surface area contributed by atoms with E-state index in [9.17, 15) is 14.2 Å². The van der Waals surface area contributed by atoms with Crippen LogP contribution in [0, 0.1) is 0 Å². The lowest BCUT2D eigenvalue weighted by atomic mass is 10.1. The van der Waals surface area contributed by atoms with Crippen molar-refractivity contribution in [1.29, 1.82) is 0 Å². The van der Waals surface area contributed by atoms with E-state index in [0.717, 1.165) is 0 Å². The molecular formula is C23H35N4O9P. The van der Waals surface area contributed by atoms with E-state index >= 15 is 0 Å². The fourth-order valence-corrected chi connectivity index (χ4v) is 4.25. The number of carbonyl (C=O) groups is 1. The van der Waals surface area contributed by atoms with Crippen molar-refractivity contribution in [3.8, 4) is 17.2 Å². The van der Waals surface area contributed by atoms with Gasteiger partial charge in [0.15, 0.2) is 11.5 Å². The first-order valence-corrected chi connectivity index (χ1v) is 13.1. The van der Waals surface area contributed by atoms with Gasteiger partial charge in [-0.2, -0.15) is 4.98 Å². The standard InChI is InChI=1S/C19H25N4O8P.C4H10O/c1-13(23-7-5-18(20)22-19(23)25)9-15(27-2)11-30-32(26,21-6-8-24)31-14-3-4-16-17(10-14)29-12-28-16;1-4(2)5-3/h3-5,7-8,10,13,15H,6,9,11-12H2,1-2H3,(H,21,26)(H2,20,22,25);4H,1-3H3. The summed E-state index contributed by atoms with van der Waals surface area (Å²) < 4.78 is 46.4. The van der Waals surface area contributed by atoms with Crippen LogP contribution in [0.2, 0.25) is 0 Å². The molecule has 3 atom stereocenters. The molecule has 0 spiro atoms. The van der Waals surface area contributed by atoms with E-state index in [0.29, 0.717) is 30.3 Å². The Labute approximate surface area is 215 Å². The van der Waals surface area contributed by atoms with Gasteiger partial charge >= 0.3 is 13.4 Å². The van der Waals surface area contributed by atoms with Crippen LogP contribution in [0.1, 0.15) is 33.2 Å². The van der Waals surface area contributed by atoms with Gasteiger partial charge in [0.25, 0.3) is 0 Å². The second-order valence-electron chi connectivity index (χ2n) is 8.20. The lowest BCUT2D eigenvalue weighted by molar-refractivity contribution is -0.107. The molecule has 0 amide bonds. The van der Waals surface area contributed by atoms with Crippen LogP contribution in [0.3, 0.4) is 0 Å². The fourth-order valence-electron chi connectivity index (χ4n) is 2.99. The van der Waals surface area contributed by atoms with Crippen LogP contribution < -0.4 is 30.5 Å². The molecule has 2 aromatic rings. The third-order valence-electron chi connectivity index (χ3n) is 5.10. The third kappa shape index (κ3) is 9.78.